The minimum absolute atomic E-state index is 0.147. The molecule has 72 heavy (non-hydrogen) atoms. The van der Waals surface area contributed by atoms with E-state index in [0.717, 1.165) is 103 Å². The topological polar surface area (TPSA) is 79.0 Å². The number of carbonyl (C=O) groups is 2. The summed E-state index contributed by atoms with van der Waals surface area (Å²) in [6.07, 6.45) is 8.16. The summed E-state index contributed by atoms with van der Waals surface area (Å²) in [5.41, 5.74) is 2.15. The molecule has 6 fully saturated rings. The van der Waals surface area contributed by atoms with Crippen LogP contribution in [-0.2, 0) is 9.53 Å². The van der Waals surface area contributed by atoms with E-state index >= 15 is 0 Å². The van der Waals surface area contributed by atoms with Gasteiger partial charge in [0, 0.05) is 141 Å². The lowest BCUT2D eigenvalue weighted by atomic mass is 10.0. The zero-order chi connectivity index (χ0) is 53.1. The highest BCUT2D eigenvalue weighted by atomic mass is 16.5. The normalized spacial score (nSPS) is 20.9. The van der Waals surface area contributed by atoms with Crippen molar-refractivity contribution in [2.24, 2.45) is 5.92 Å². The number of hydrogen-bond donors (Lipinski definition) is 0. The number of likely N-dealkylation sites (tertiary alicyclic amines) is 1. The van der Waals surface area contributed by atoms with E-state index in [2.05, 4.69) is 152 Å². The van der Waals surface area contributed by atoms with Gasteiger partial charge in [-0.05, 0) is 132 Å². The molecule has 14 heteroatoms. The van der Waals surface area contributed by atoms with E-state index in [9.17, 15) is 9.59 Å². The molecule has 0 bridgehead atoms. The summed E-state index contributed by atoms with van der Waals surface area (Å²) in [7, 11) is 17.2. The van der Waals surface area contributed by atoms with E-state index in [1.165, 1.54) is 103 Å². The largest absolute Gasteiger partial charge is 0.379 e. The van der Waals surface area contributed by atoms with Crippen LogP contribution < -0.4 is 4.90 Å². The molecule has 6 aliphatic rings. The Labute approximate surface area is 442 Å². The number of likely N-dealkylation sites (N-methyl/N-ethyl adjacent to an activating group) is 6. The van der Waals surface area contributed by atoms with Crippen molar-refractivity contribution in [1.82, 2.24) is 49.0 Å². The second kappa shape index (κ2) is 39.3. The van der Waals surface area contributed by atoms with Crippen LogP contribution in [0.15, 0.2) is 60.7 Å². The third kappa shape index (κ3) is 29.1. The van der Waals surface area contributed by atoms with E-state index in [4.69, 9.17) is 4.74 Å². The highest BCUT2D eigenvalue weighted by Crippen LogP contribution is 2.17. The van der Waals surface area contributed by atoms with E-state index in [-0.39, 0.29) is 11.8 Å². The number of piperazine rings is 4. The molecule has 0 spiro atoms. The SMILES string of the molecule is CC(C)C(=O)N1CCN(C)CC1.CCC1CCCCN1C.CCCN(C)CCC.CN1CCN(C(=O)c2ccccc2)CC1.CN1CCN(C)CC1.CN1CCN(c2ccccc2)CC1.CN1CCOCC1. The molecular weight excluding hydrogens is 899 g/mol. The van der Waals surface area contributed by atoms with Crippen molar-refractivity contribution in [2.45, 2.75) is 79.2 Å². The molecule has 0 saturated carbocycles. The van der Waals surface area contributed by atoms with Crippen LogP contribution in [0, 0.1) is 5.92 Å². The average Bonchev–Trinajstić information content (AvgIpc) is 3.40. The van der Waals surface area contributed by atoms with Gasteiger partial charge in [0.25, 0.3) is 5.91 Å². The van der Waals surface area contributed by atoms with Gasteiger partial charge in [-0.15, -0.1) is 0 Å². The maximum Gasteiger partial charge on any atom is 0.253 e. The summed E-state index contributed by atoms with van der Waals surface area (Å²) in [5, 5.41) is 0. The lowest BCUT2D eigenvalue weighted by Gasteiger charge is -2.33. The number of piperidine rings is 1. The summed E-state index contributed by atoms with van der Waals surface area (Å²) >= 11 is 0. The summed E-state index contributed by atoms with van der Waals surface area (Å²) in [6, 6.07) is 21.0. The Morgan fingerprint density at radius 2 is 0.931 bits per heavy atom. The standard InChI is InChI=1S/C12H16N2O.C11H16N2.C9H18N2O.C8H17N.C7H17N.C6H14N2.C5H11NO/c1-13-7-9-14(10-8-13)12(15)11-5-3-2-4-6-11;1-12-7-9-13(10-8-12)11-5-3-2-4-6-11;1-8(2)9(12)11-6-4-10(3)5-7-11;1-3-8-6-4-5-7-9(8)2;1-4-6-8(3)7-5-2;1-7-3-5-8(2)6-4-7;1-6-2-4-7-5-3-6/h2-6H,7-10H2,1H3;2-6H,7-10H2,1H3;8H,4-7H2,1-3H3;8H,3-7H2,1-2H3;4-7H2,1-3H3;3-6H2,1-2H3;2-5H2,1H3. The summed E-state index contributed by atoms with van der Waals surface area (Å²) < 4.78 is 5.10. The lowest BCUT2D eigenvalue weighted by molar-refractivity contribution is -0.136. The Morgan fingerprint density at radius 3 is 1.31 bits per heavy atom. The molecule has 2 aromatic rings. The van der Waals surface area contributed by atoms with Crippen molar-refractivity contribution in [3.8, 4) is 0 Å². The minimum Gasteiger partial charge on any atom is -0.379 e. The number of carbonyl (C=O) groups excluding carboxylic acids is 2. The Hall–Kier alpha value is -3.18. The number of benzene rings is 2. The fourth-order valence-electron chi connectivity index (χ4n) is 8.96. The van der Waals surface area contributed by atoms with Gasteiger partial charge in [0.1, 0.15) is 0 Å². The first-order valence-corrected chi connectivity index (χ1v) is 28.1. The Balaban J connectivity index is 0.000000293. The first-order chi connectivity index (χ1) is 34.6. The van der Waals surface area contributed by atoms with Gasteiger partial charge in [-0.2, -0.15) is 0 Å². The van der Waals surface area contributed by atoms with Crippen LogP contribution in [0.2, 0.25) is 0 Å². The molecular formula is C58H109N11O3. The van der Waals surface area contributed by atoms with E-state index < -0.39 is 0 Å². The van der Waals surface area contributed by atoms with Gasteiger partial charge in [-0.3, -0.25) is 9.59 Å². The second-order valence-electron chi connectivity index (χ2n) is 21.2. The van der Waals surface area contributed by atoms with Crippen molar-refractivity contribution >= 4 is 17.5 Å². The summed E-state index contributed by atoms with van der Waals surface area (Å²) in [5.74, 6) is 0.597. The third-order valence-corrected chi connectivity index (χ3v) is 14.3. The monoisotopic (exact) mass is 1010 g/mol. The molecule has 6 aliphatic heterocycles. The molecule has 2 aromatic carbocycles. The average molecular weight is 1010 g/mol. The Bertz CT molecular complexity index is 1570. The molecule has 0 N–H and O–H groups in total. The summed E-state index contributed by atoms with van der Waals surface area (Å²) in [4.78, 5) is 48.6. The van der Waals surface area contributed by atoms with Crippen LogP contribution in [0.25, 0.3) is 0 Å². The highest BCUT2D eigenvalue weighted by molar-refractivity contribution is 5.94. The van der Waals surface area contributed by atoms with E-state index in [1.807, 2.05) is 54.0 Å². The van der Waals surface area contributed by atoms with Gasteiger partial charge in [0.05, 0.1) is 13.2 Å². The maximum absolute atomic E-state index is 12.0. The van der Waals surface area contributed by atoms with Crippen molar-refractivity contribution in [1.29, 1.82) is 0 Å². The van der Waals surface area contributed by atoms with Crippen LogP contribution in [-0.4, -0.2) is 274 Å². The molecule has 6 heterocycles. The van der Waals surface area contributed by atoms with Gasteiger partial charge in [0.15, 0.2) is 0 Å². The number of nitrogens with zero attached hydrogens (tertiary/aromatic N) is 11. The fourth-order valence-corrected chi connectivity index (χ4v) is 8.96. The molecule has 8 rings (SSSR count). The Kier molecular flexibility index (Phi) is 35.4. The highest BCUT2D eigenvalue weighted by Gasteiger charge is 2.22. The first-order valence-electron chi connectivity index (χ1n) is 28.1. The van der Waals surface area contributed by atoms with Crippen molar-refractivity contribution in [3.63, 3.8) is 0 Å². The molecule has 414 valence electrons. The van der Waals surface area contributed by atoms with Gasteiger partial charge in [0.2, 0.25) is 5.91 Å². The molecule has 1 unspecified atom stereocenters. The van der Waals surface area contributed by atoms with Crippen LogP contribution in [0.5, 0.6) is 0 Å². The van der Waals surface area contributed by atoms with Crippen LogP contribution in [0.4, 0.5) is 5.69 Å². The molecule has 0 radical (unpaired) electrons. The van der Waals surface area contributed by atoms with Crippen LogP contribution in [0.3, 0.4) is 0 Å². The van der Waals surface area contributed by atoms with Gasteiger partial charge >= 0.3 is 0 Å². The molecule has 6 saturated heterocycles. The summed E-state index contributed by atoms with van der Waals surface area (Å²) in [6.45, 7) is 35.5. The second-order valence-corrected chi connectivity index (χ2v) is 21.2. The van der Waals surface area contributed by atoms with Gasteiger partial charge < -0.3 is 58.6 Å². The van der Waals surface area contributed by atoms with Gasteiger partial charge in [-0.1, -0.05) is 77.4 Å². The zero-order valence-corrected chi connectivity index (χ0v) is 48.6. The predicted molar refractivity (Wildman–Crippen MR) is 307 cm³/mol. The smallest absolute Gasteiger partial charge is 0.253 e. The number of hydrogen-bond acceptors (Lipinski definition) is 12. The zero-order valence-electron chi connectivity index (χ0n) is 48.6. The van der Waals surface area contributed by atoms with E-state index in [0.29, 0.717) is 5.91 Å². The lowest BCUT2D eigenvalue weighted by Crippen LogP contribution is -2.48. The van der Waals surface area contributed by atoms with Crippen molar-refractivity contribution in [3.05, 3.63) is 66.2 Å². The van der Waals surface area contributed by atoms with Gasteiger partial charge in [-0.25, -0.2) is 0 Å². The molecule has 2 amide bonds. The van der Waals surface area contributed by atoms with Crippen molar-refractivity contribution in [2.75, 3.05) is 212 Å². The van der Waals surface area contributed by atoms with E-state index in [1.54, 1.807) is 0 Å². The number of ether oxygens (including phenoxy) is 1. The number of anilines is 1. The number of rotatable bonds is 8. The fraction of sp³-hybridized carbons (Fsp3) is 0.759. The molecule has 14 nitrogen and oxygen atoms in total. The predicted octanol–water partition coefficient (Wildman–Crippen LogP) is 6.36. The minimum atomic E-state index is 0.147. The maximum atomic E-state index is 12.0. The number of para-hydroxylation sites is 1. The quantitative estimate of drug-likeness (QED) is 0.296. The number of morpholine rings is 1. The Morgan fingerprint density at radius 1 is 0.528 bits per heavy atom. The van der Waals surface area contributed by atoms with Crippen LogP contribution in [0.1, 0.15) is 83.5 Å². The molecule has 0 aliphatic carbocycles. The molecule has 1 atom stereocenters. The third-order valence-electron chi connectivity index (χ3n) is 14.3. The van der Waals surface area contributed by atoms with Crippen LogP contribution >= 0.6 is 0 Å². The first kappa shape index (κ1) is 64.9. The number of amides is 2. The molecule has 0 aromatic heterocycles. The van der Waals surface area contributed by atoms with Crippen molar-refractivity contribution < 1.29 is 14.3 Å².